The average molecular weight is 331 g/mol. The number of benzene rings is 2. The molecule has 1 atom stereocenters. The number of rotatable bonds is 6. The second kappa shape index (κ2) is 7.64. The molecule has 1 heteroatoms. The number of aryl methyl sites for hydroxylation is 2. The summed E-state index contributed by atoms with van der Waals surface area (Å²) in [7, 11) is 0. The van der Waals surface area contributed by atoms with Gasteiger partial charge < -0.3 is 0 Å². The van der Waals surface area contributed by atoms with Crippen molar-refractivity contribution in [1.82, 2.24) is 0 Å². The lowest BCUT2D eigenvalue weighted by atomic mass is 9.99. The average Bonchev–Trinajstić information content (AvgIpc) is 2.48. The minimum absolute atomic E-state index is 0.392. The lowest BCUT2D eigenvalue weighted by Gasteiger charge is -2.13. The molecule has 2 aromatic carbocycles. The lowest BCUT2D eigenvalue weighted by Crippen LogP contribution is -1.98. The third kappa shape index (κ3) is 4.21. The van der Waals surface area contributed by atoms with Gasteiger partial charge in [-0.05, 0) is 48.4 Å². The molecule has 0 aliphatic carbocycles. The summed E-state index contributed by atoms with van der Waals surface area (Å²) < 4.78 is 0. The molecule has 106 valence electrons. The van der Waals surface area contributed by atoms with E-state index in [0.29, 0.717) is 4.83 Å². The maximum atomic E-state index is 3.83. The van der Waals surface area contributed by atoms with Crippen LogP contribution in [0.3, 0.4) is 0 Å². The molecule has 2 rings (SSSR count). The Morgan fingerprint density at radius 1 is 1.00 bits per heavy atom. The fourth-order valence-corrected chi connectivity index (χ4v) is 3.08. The van der Waals surface area contributed by atoms with E-state index < -0.39 is 0 Å². The van der Waals surface area contributed by atoms with Crippen molar-refractivity contribution in [3.63, 3.8) is 0 Å². The second-order valence-electron chi connectivity index (χ2n) is 5.44. The molecule has 0 aliphatic rings. The second-order valence-corrected chi connectivity index (χ2v) is 6.55. The van der Waals surface area contributed by atoms with Gasteiger partial charge in [-0.2, -0.15) is 0 Å². The first-order valence-corrected chi connectivity index (χ1v) is 8.39. The third-order valence-electron chi connectivity index (χ3n) is 3.82. The summed E-state index contributed by atoms with van der Waals surface area (Å²) in [5, 5.41) is 0. The van der Waals surface area contributed by atoms with E-state index in [9.17, 15) is 0 Å². The van der Waals surface area contributed by atoms with Gasteiger partial charge in [0.05, 0.1) is 0 Å². The molecule has 0 fully saturated rings. The van der Waals surface area contributed by atoms with E-state index >= 15 is 0 Å². The summed E-state index contributed by atoms with van der Waals surface area (Å²) in [6, 6.07) is 17.7. The number of alkyl halides is 1. The van der Waals surface area contributed by atoms with Crippen LogP contribution in [-0.4, -0.2) is 0 Å². The maximum absolute atomic E-state index is 3.83. The van der Waals surface area contributed by atoms with Crippen LogP contribution in [0.15, 0.2) is 48.5 Å². The van der Waals surface area contributed by atoms with Gasteiger partial charge >= 0.3 is 0 Å². The van der Waals surface area contributed by atoms with E-state index in [4.69, 9.17) is 0 Å². The molecule has 2 aromatic rings. The molecule has 0 aromatic heterocycles. The van der Waals surface area contributed by atoms with E-state index in [1.807, 2.05) is 0 Å². The SMILES string of the molecule is CCCCc1ccc(C(Br)Cc2ccccc2C)cc1. The molecule has 0 amide bonds. The highest BCUT2D eigenvalue weighted by molar-refractivity contribution is 9.09. The van der Waals surface area contributed by atoms with E-state index in [-0.39, 0.29) is 0 Å². The fourth-order valence-electron chi connectivity index (χ4n) is 2.42. The number of halogens is 1. The van der Waals surface area contributed by atoms with E-state index in [1.54, 1.807) is 0 Å². The van der Waals surface area contributed by atoms with Crippen molar-refractivity contribution >= 4 is 15.9 Å². The van der Waals surface area contributed by atoms with E-state index in [2.05, 4.69) is 78.3 Å². The predicted octanol–water partition coefficient (Wildman–Crippen LogP) is 6.02. The van der Waals surface area contributed by atoms with Crippen LogP contribution >= 0.6 is 15.9 Å². The molecule has 20 heavy (non-hydrogen) atoms. The summed E-state index contributed by atoms with van der Waals surface area (Å²) in [6.45, 7) is 4.42. The highest BCUT2D eigenvalue weighted by Gasteiger charge is 2.09. The van der Waals surface area contributed by atoms with E-state index in [1.165, 1.54) is 41.5 Å². The van der Waals surface area contributed by atoms with Crippen LogP contribution in [0.2, 0.25) is 0 Å². The molecule has 0 spiro atoms. The van der Waals surface area contributed by atoms with Crippen molar-refractivity contribution in [3.05, 3.63) is 70.8 Å². The van der Waals surface area contributed by atoms with Crippen LogP contribution in [-0.2, 0) is 12.8 Å². The van der Waals surface area contributed by atoms with Gasteiger partial charge in [0.2, 0.25) is 0 Å². The summed E-state index contributed by atoms with van der Waals surface area (Å²) in [6.07, 6.45) is 4.78. The van der Waals surface area contributed by atoms with Crippen LogP contribution in [0.1, 0.15) is 46.8 Å². The minimum Gasteiger partial charge on any atom is -0.0835 e. The number of unbranched alkanes of at least 4 members (excludes halogenated alkanes) is 1. The molecule has 0 saturated carbocycles. The Morgan fingerprint density at radius 2 is 1.70 bits per heavy atom. The van der Waals surface area contributed by atoms with Crippen molar-refractivity contribution in [2.75, 3.05) is 0 Å². The molecule has 0 radical (unpaired) electrons. The first-order chi connectivity index (χ1) is 9.70. The first kappa shape index (κ1) is 15.3. The van der Waals surface area contributed by atoms with Crippen LogP contribution in [0.4, 0.5) is 0 Å². The molecule has 0 saturated heterocycles. The molecule has 0 nitrogen and oxygen atoms in total. The molecular formula is C19H23Br. The third-order valence-corrected chi connectivity index (χ3v) is 4.67. The monoisotopic (exact) mass is 330 g/mol. The van der Waals surface area contributed by atoms with Crippen molar-refractivity contribution in [2.45, 2.75) is 44.4 Å². The van der Waals surface area contributed by atoms with Crippen molar-refractivity contribution < 1.29 is 0 Å². The molecule has 0 aliphatic heterocycles. The fraction of sp³-hybridized carbons (Fsp3) is 0.368. The van der Waals surface area contributed by atoms with Crippen LogP contribution < -0.4 is 0 Å². The molecular weight excluding hydrogens is 308 g/mol. The quantitative estimate of drug-likeness (QED) is 0.568. The first-order valence-electron chi connectivity index (χ1n) is 7.48. The standard InChI is InChI=1S/C19H23Br/c1-3-4-8-16-10-12-17(13-11-16)19(20)14-18-9-6-5-7-15(18)2/h5-7,9-13,19H,3-4,8,14H2,1-2H3. The van der Waals surface area contributed by atoms with Gasteiger partial charge in [-0.25, -0.2) is 0 Å². The molecule has 1 unspecified atom stereocenters. The van der Waals surface area contributed by atoms with Crippen molar-refractivity contribution in [1.29, 1.82) is 0 Å². The Kier molecular flexibility index (Phi) is 5.85. The van der Waals surface area contributed by atoms with Crippen molar-refractivity contribution in [3.8, 4) is 0 Å². The summed E-state index contributed by atoms with van der Waals surface area (Å²) in [5.41, 5.74) is 5.61. The maximum Gasteiger partial charge on any atom is 0.0435 e. The van der Waals surface area contributed by atoms with Crippen LogP contribution in [0.5, 0.6) is 0 Å². The zero-order valence-electron chi connectivity index (χ0n) is 12.4. The molecule has 0 N–H and O–H groups in total. The van der Waals surface area contributed by atoms with E-state index in [0.717, 1.165) is 6.42 Å². The number of hydrogen-bond donors (Lipinski definition) is 0. The molecule has 0 bridgehead atoms. The topological polar surface area (TPSA) is 0 Å². The smallest absolute Gasteiger partial charge is 0.0435 e. The Balaban J connectivity index is 2.02. The highest BCUT2D eigenvalue weighted by atomic mass is 79.9. The summed E-state index contributed by atoms with van der Waals surface area (Å²) in [5.74, 6) is 0. The Hall–Kier alpha value is -1.08. The zero-order chi connectivity index (χ0) is 14.4. The van der Waals surface area contributed by atoms with Crippen molar-refractivity contribution in [2.24, 2.45) is 0 Å². The molecule has 0 heterocycles. The van der Waals surface area contributed by atoms with Crippen LogP contribution in [0.25, 0.3) is 0 Å². The van der Waals surface area contributed by atoms with Gasteiger partial charge in [-0.15, -0.1) is 0 Å². The Bertz CT molecular complexity index is 528. The number of hydrogen-bond acceptors (Lipinski definition) is 0. The van der Waals surface area contributed by atoms with Gasteiger partial charge in [0.25, 0.3) is 0 Å². The largest absolute Gasteiger partial charge is 0.0835 e. The summed E-state index contributed by atoms with van der Waals surface area (Å²) in [4.78, 5) is 0.392. The lowest BCUT2D eigenvalue weighted by molar-refractivity contribution is 0.794. The van der Waals surface area contributed by atoms with Crippen LogP contribution in [0, 0.1) is 6.92 Å². The minimum atomic E-state index is 0.392. The van der Waals surface area contributed by atoms with Gasteiger partial charge in [0.15, 0.2) is 0 Å². The van der Waals surface area contributed by atoms with Gasteiger partial charge in [-0.1, -0.05) is 77.8 Å². The highest BCUT2D eigenvalue weighted by Crippen LogP contribution is 2.28. The van der Waals surface area contributed by atoms with Gasteiger partial charge in [-0.3, -0.25) is 0 Å². The normalized spacial score (nSPS) is 12.3. The van der Waals surface area contributed by atoms with Gasteiger partial charge in [0.1, 0.15) is 0 Å². The predicted molar refractivity (Wildman–Crippen MR) is 91.6 cm³/mol. The van der Waals surface area contributed by atoms with Gasteiger partial charge in [0, 0.05) is 4.83 Å². The zero-order valence-corrected chi connectivity index (χ0v) is 14.0. The summed E-state index contributed by atoms with van der Waals surface area (Å²) >= 11 is 3.83. The Morgan fingerprint density at radius 3 is 2.35 bits per heavy atom. The Labute approximate surface area is 131 Å².